The van der Waals surface area contributed by atoms with Gasteiger partial charge in [-0.1, -0.05) is 60.2 Å². The minimum Gasteiger partial charge on any atom is -0.293 e. The van der Waals surface area contributed by atoms with Crippen LogP contribution in [0.4, 0.5) is 0 Å². The Hall–Kier alpha value is -2.19. The van der Waals surface area contributed by atoms with Crippen molar-refractivity contribution in [3.8, 4) is 0 Å². The number of carbonyl (C=O) groups excluding carboxylic acids is 1. The molecule has 0 fully saturated rings. The van der Waals surface area contributed by atoms with Gasteiger partial charge in [0.15, 0.2) is 5.78 Å². The highest BCUT2D eigenvalue weighted by Gasteiger charge is 2.33. The number of ketones is 1. The van der Waals surface area contributed by atoms with E-state index >= 15 is 0 Å². The van der Waals surface area contributed by atoms with Gasteiger partial charge in [0, 0.05) is 15.4 Å². The molecule has 0 aromatic heterocycles. The summed E-state index contributed by atoms with van der Waals surface area (Å²) in [6, 6.07) is 12.7. The predicted molar refractivity (Wildman–Crippen MR) is 102 cm³/mol. The second-order valence-electron chi connectivity index (χ2n) is 6.52. The number of fused-ring (bicyclic) bond motifs is 2. The van der Waals surface area contributed by atoms with Gasteiger partial charge in [0.1, 0.15) is 0 Å². The molecule has 0 amide bonds. The molecular weight excluding hydrogens is 312 g/mol. The molecule has 2 aromatic rings. The molecule has 0 bridgehead atoms. The predicted octanol–water partition coefficient (Wildman–Crippen LogP) is 5.41. The SMILES string of the molecule is Cc1cc(C)c(S2=C3C=CC=CC3C(=O)c3ccccc32)c(C)c1. The van der Waals surface area contributed by atoms with Crippen molar-refractivity contribution in [1.82, 2.24) is 0 Å². The molecular formula is C22H20OS. The first-order chi connectivity index (χ1) is 11.6. The normalized spacial score (nSPS) is 21.6. The van der Waals surface area contributed by atoms with E-state index in [1.165, 1.54) is 31.3 Å². The van der Waals surface area contributed by atoms with Crippen LogP contribution in [0, 0.1) is 26.7 Å². The number of hydrogen-bond donors (Lipinski definition) is 0. The van der Waals surface area contributed by atoms with Crippen LogP contribution in [0.15, 0.2) is 70.5 Å². The minimum absolute atomic E-state index is 0.117. The third-order valence-electron chi connectivity index (χ3n) is 4.68. The van der Waals surface area contributed by atoms with E-state index < -0.39 is 0 Å². The van der Waals surface area contributed by atoms with Crippen LogP contribution in [0.1, 0.15) is 27.0 Å². The van der Waals surface area contributed by atoms with Gasteiger partial charge in [-0.15, -0.1) is 10.5 Å². The summed E-state index contributed by atoms with van der Waals surface area (Å²) in [5.74, 6) is 0.112. The van der Waals surface area contributed by atoms with Gasteiger partial charge >= 0.3 is 0 Å². The molecule has 1 aliphatic carbocycles. The van der Waals surface area contributed by atoms with Crippen molar-refractivity contribution >= 4 is 21.1 Å². The zero-order valence-corrected chi connectivity index (χ0v) is 15.0. The van der Waals surface area contributed by atoms with E-state index in [1.807, 2.05) is 30.4 Å². The first kappa shape index (κ1) is 15.3. The Morgan fingerprint density at radius 3 is 2.42 bits per heavy atom. The number of rotatable bonds is 1. The first-order valence-electron chi connectivity index (χ1n) is 8.25. The van der Waals surface area contributed by atoms with Crippen LogP contribution >= 0.6 is 10.5 Å². The molecule has 0 radical (unpaired) electrons. The van der Waals surface area contributed by atoms with Crippen LogP contribution in [0.5, 0.6) is 0 Å². The summed E-state index contributed by atoms with van der Waals surface area (Å²) in [7, 11) is -0.194. The molecule has 1 nitrogen and oxygen atoms in total. The van der Waals surface area contributed by atoms with E-state index in [-0.39, 0.29) is 22.2 Å². The number of carbonyl (C=O) groups is 1. The van der Waals surface area contributed by atoms with Gasteiger partial charge in [0.2, 0.25) is 0 Å². The highest BCUT2D eigenvalue weighted by atomic mass is 32.2. The Bertz CT molecular complexity index is 937. The molecule has 2 aromatic carbocycles. The number of aryl methyl sites for hydroxylation is 3. The molecule has 0 saturated heterocycles. The van der Waals surface area contributed by atoms with E-state index in [0.717, 1.165) is 5.56 Å². The van der Waals surface area contributed by atoms with Crippen molar-refractivity contribution in [2.24, 2.45) is 5.92 Å². The van der Waals surface area contributed by atoms with Crippen LogP contribution in [-0.4, -0.2) is 10.6 Å². The highest BCUT2D eigenvalue weighted by molar-refractivity contribution is 8.16. The van der Waals surface area contributed by atoms with Crippen LogP contribution in [0.3, 0.4) is 0 Å². The van der Waals surface area contributed by atoms with Crippen molar-refractivity contribution in [2.45, 2.75) is 30.6 Å². The topological polar surface area (TPSA) is 17.1 Å². The van der Waals surface area contributed by atoms with Crippen LogP contribution in [0.2, 0.25) is 0 Å². The molecule has 24 heavy (non-hydrogen) atoms. The molecule has 1 aliphatic heterocycles. The Balaban J connectivity index is 2.10. The summed E-state index contributed by atoms with van der Waals surface area (Å²) in [6.07, 6.45) is 8.26. The lowest BCUT2D eigenvalue weighted by Gasteiger charge is -2.30. The van der Waals surface area contributed by atoms with Crippen LogP contribution in [0.25, 0.3) is 0 Å². The Kier molecular flexibility index (Phi) is 3.65. The fraction of sp³-hybridized carbons (Fsp3) is 0.182. The lowest BCUT2D eigenvalue weighted by molar-refractivity contribution is 0.0969. The maximum atomic E-state index is 13.0. The van der Waals surface area contributed by atoms with Gasteiger partial charge in [-0.3, -0.25) is 4.79 Å². The van der Waals surface area contributed by atoms with E-state index in [2.05, 4.69) is 51.1 Å². The van der Waals surface area contributed by atoms with Crippen LogP contribution < -0.4 is 0 Å². The molecule has 2 aliphatic rings. The molecule has 1 heterocycles. The molecule has 4 rings (SSSR count). The molecule has 0 saturated carbocycles. The second-order valence-corrected chi connectivity index (χ2v) is 8.45. The number of Topliss-reactive ketones (excluding diaryl/α,β-unsaturated/α-hetero) is 1. The maximum absolute atomic E-state index is 13.0. The summed E-state index contributed by atoms with van der Waals surface area (Å²) in [5.41, 5.74) is 4.80. The monoisotopic (exact) mass is 332 g/mol. The van der Waals surface area contributed by atoms with Crippen molar-refractivity contribution < 1.29 is 4.79 Å². The average Bonchev–Trinajstić information content (AvgIpc) is 2.57. The van der Waals surface area contributed by atoms with Gasteiger partial charge in [0.25, 0.3) is 0 Å². The summed E-state index contributed by atoms with van der Waals surface area (Å²) >= 11 is 0. The summed E-state index contributed by atoms with van der Waals surface area (Å²) in [5, 5.41) is 0. The molecule has 2 heteroatoms. The quantitative estimate of drug-likeness (QED) is 0.638. The fourth-order valence-electron chi connectivity index (χ4n) is 3.80. The third-order valence-corrected chi connectivity index (χ3v) is 7.39. The summed E-state index contributed by atoms with van der Waals surface area (Å²) in [4.78, 5) is 16.7. The standard InChI is InChI=1S/C22H20OS/c1-14-12-15(2)22(16(3)13-14)24-19-10-6-4-8-17(19)21(23)18-9-5-7-11-20(18)24/h4-13,17H,1-3H3. The van der Waals surface area contributed by atoms with Crippen LogP contribution in [-0.2, 0) is 0 Å². The van der Waals surface area contributed by atoms with Gasteiger partial charge in [-0.25, -0.2) is 0 Å². The zero-order chi connectivity index (χ0) is 16.8. The Morgan fingerprint density at radius 2 is 1.67 bits per heavy atom. The maximum Gasteiger partial charge on any atom is 0.175 e. The van der Waals surface area contributed by atoms with Gasteiger partial charge < -0.3 is 0 Å². The van der Waals surface area contributed by atoms with E-state index in [1.54, 1.807) is 0 Å². The fourth-order valence-corrected chi connectivity index (χ4v) is 6.52. The summed E-state index contributed by atoms with van der Waals surface area (Å²) in [6.45, 7) is 6.53. The molecule has 0 N–H and O–H groups in total. The summed E-state index contributed by atoms with van der Waals surface area (Å²) < 4.78 is 0. The number of benzene rings is 2. The van der Waals surface area contributed by atoms with E-state index in [9.17, 15) is 4.79 Å². The number of hydrogen-bond acceptors (Lipinski definition) is 1. The lowest BCUT2D eigenvalue weighted by atomic mass is 9.91. The smallest absolute Gasteiger partial charge is 0.175 e. The van der Waals surface area contributed by atoms with Gasteiger partial charge in [-0.2, -0.15) is 0 Å². The average molecular weight is 332 g/mol. The highest BCUT2D eigenvalue weighted by Crippen LogP contribution is 2.48. The zero-order valence-electron chi connectivity index (χ0n) is 14.2. The first-order valence-corrected chi connectivity index (χ1v) is 9.47. The van der Waals surface area contributed by atoms with Gasteiger partial charge in [-0.05, 0) is 42.8 Å². The van der Waals surface area contributed by atoms with E-state index in [4.69, 9.17) is 0 Å². The Morgan fingerprint density at radius 1 is 0.958 bits per heavy atom. The molecule has 2 unspecified atom stereocenters. The third kappa shape index (κ3) is 2.25. The minimum atomic E-state index is -0.194. The van der Waals surface area contributed by atoms with Crippen molar-refractivity contribution in [3.63, 3.8) is 0 Å². The van der Waals surface area contributed by atoms with Crippen molar-refractivity contribution in [2.75, 3.05) is 0 Å². The number of allylic oxidation sites excluding steroid dienone is 4. The van der Waals surface area contributed by atoms with Crippen molar-refractivity contribution in [1.29, 1.82) is 0 Å². The Labute approximate surface area is 145 Å². The largest absolute Gasteiger partial charge is 0.293 e. The van der Waals surface area contributed by atoms with Gasteiger partial charge in [0.05, 0.1) is 5.92 Å². The molecule has 2 atom stereocenters. The second kappa shape index (κ2) is 5.71. The molecule has 0 spiro atoms. The van der Waals surface area contributed by atoms with Crippen molar-refractivity contribution in [3.05, 3.63) is 83.0 Å². The lowest BCUT2D eigenvalue weighted by Crippen LogP contribution is -2.27. The molecule has 120 valence electrons. The van der Waals surface area contributed by atoms with E-state index in [0.29, 0.717) is 0 Å².